The zero-order valence-corrected chi connectivity index (χ0v) is 17.7. The van der Waals surface area contributed by atoms with Crippen molar-refractivity contribution in [3.8, 4) is 17.0 Å². The number of rotatable bonds is 8. The van der Waals surface area contributed by atoms with Gasteiger partial charge >= 0.3 is 0 Å². The largest absolute Gasteiger partial charge is 0.508 e. The van der Waals surface area contributed by atoms with Gasteiger partial charge in [0, 0.05) is 18.0 Å². The van der Waals surface area contributed by atoms with Crippen LogP contribution < -0.4 is 5.32 Å². The van der Waals surface area contributed by atoms with E-state index in [-0.39, 0.29) is 18.3 Å². The van der Waals surface area contributed by atoms with Crippen LogP contribution >= 0.6 is 0 Å². The Morgan fingerprint density at radius 2 is 2.03 bits per heavy atom. The van der Waals surface area contributed by atoms with Crippen LogP contribution in [0, 0.1) is 0 Å². The smallest absolute Gasteiger partial charge is 0.259 e. The number of aryl methyl sites for hydroxylation is 1. The lowest BCUT2D eigenvalue weighted by Gasteiger charge is -2.17. The fourth-order valence-electron chi connectivity index (χ4n) is 3.60. The maximum Gasteiger partial charge on any atom is 0.259 e. The summed E-state index contributed by atoms with van der Waals surface area (Å²) in [5.74, 6) is -0.183. The van der Waals surface area contributed by atoms with Gasteiger partial charge in [-0.25, -0.2) is 4.98 Å². The van der Waals surface area contributed by atoms with Crippen LogP contribution in [0.2, 0.25) is 0 Å². The summed E-state index contributed by atoms with van der Waals surface area (Å²) in [6.45, 7) is 1.79. The van der Waals surface area contributed by atoms with E-state index in [9.17, 15) is 15.0 Å². The molecular weight excluding hydrogens is 408 g/mol. The first kappa shape index (κ1) is 21.5. The van der Waals surface area contributed by atoms with Crippen LogP contribution in [0.4, 0.5) is 0 Å². The van der Waals surface area contributed by atoms with E-state index in [1.165, 1.54) is 0 Å². The molecule has 4 aromatic rings. The molecule has 0 unspecified atom stereocenters. The van der Waals surface area contributed by atoms with E-state index in [2.05, 4.69) is 20.4 Å². The average Bonchev–Trinajstić information content (AvgIpc) is 3.23. The first-order chi connectivity index (χ1) is 15.6. The molecule has 1 atom stereocenters. The Bertz CT molecular complexity index is 1210. The SMILES string of the molecule is CCCc1noc2nc(-c3cccnc3)cc(C(=O)N[C@H](CO)Cc3ccc(O)cc3)c12. The Balaban J connectivity index is 1.69. The first-order valence-corrected chi connectivity index (χ1v) is 10.5. The summed E-state index contributed by atoms with van der Waals surface area (Å²) in [5.41, 5.74) is 3.54. The Kier molecular flexibility index (Phi) is 6.42. The highest BCUT2D eigenvalue weighted by molar-refractivity contribution is 6.07. The molecule has 3 heterocycles. The molecule has 0 aliphatic rings. The summed E-state index contributed by atoms with van der Waals surface area (Å²) >= 11 is 0. The van der Waals surface area contributed by atoms with Gasteiger partial charge in [-0.1, -0.05) is 30.6 Å². The topological polar surface area (TPSA) is 121 Å². The van der Waals surface area contributed by atoms with Gasteiger partial charge in [-0.2, -0.15) is 0 Å². The lowest BCUT2D eigenvalue weighted by molar-refractivity contribution is 0.0918. The molecule has 3 N–H and O–H groups in total. The third kappa shape index (κ3) is 4.60. The van der Waals surface area contributed by atoms with Crippen molar-refractivity contribution in [2.24, 2.45) is 0 Å². The second kappa shape index (κ2) is 9.57. The third-order valence-electron chi connectivity index (χ3n) is 5.18. The van der Waals surface area contributed by atoms with Crippen molar-refractivity contribution in [2.45, 2.75) is 32.2 Å². The number of nitrogens with zero attached hydrogens (tertiary/aromatic N) is 3. The highest BCUT2D eigenvalue weighted by atomic mass is 16.5. The quantitative estimate of drug-likeness (QED) is 0.391. The fraction of sp³-hybridized carbons (Fsp3) is 0.250. The number of aliphatic hydroxyl groups excluding tert-OH is 1. The summed E-state index contributed by atoms with van der Waals surface area (Å²) in [5, 5.41) is 27.0. The molecule has 0 saturated carbocycles. The Labute approximate surface area is 184 Å². The molecule has 0 fully saturated rings. The number of aliphatic hydroxyl groups is 1. The highest BCUT2D eigenvalue weighted by Gasteiger charge is 2.22. The minimum atomic E-state index is -0.508. The average molecular weight is 432 g/mol. The molecule has 0 aliphatic heterocycles. The maximum atomic E-state index is 13.3. The number of hydrogen-bond donors (Lipinski definition) is 3. The minimum Gasteiger partial charge on any atom is -0.508 e. The molecule has 8 heteroatoms. The van der Waals surface area contributed by atoms with Crippen molar-refractivity contribution in [3.63, 3.8) is 0 Å². The molecule has 0 bridgehead atoms. The van der Waals surface area contributed by atoms with Crippen molar-refractivity contribution in [1.82, 2.24) is 20.4 Å². The van der Waals surface area contributed by atoms with Crippen LogP contribution in [-0.4, -0.2) is 43.9 Å². The zero-order chi connectivity index (χ0) is 22.5. The lowest BCUT2D eigenvalue weighted by atomic mass is 10.0. The second-order valence-electron chi connectivity index (χ2n) is 7.58. The summed E-state index contributed by atoms with van der Waals surface area (Å²) in [6, 6.07) is 11.5. The first-order valence-electron chi connectivity index (χ1n) is 10.5. The number of pyridine rings is 2. The van der Waals surface area contributed by atoms with Crippen LogP contribution in [0.15, 0.2) is 59.4 Å². The van der Waals surface area contributed by atoms with Gasteiger partial charge in [-0.05, 0) is 48.7 Å². The number of nitrogens with one attached hydrogen (secondary N) is 1. The maximum absolute atomic E-state index is 13.3. The Hall–Kier alpha value is -3.78. The molecule has 1 aromatic carbocycles. The van der Waals surface area contributed by atoms with Crippen molar-refractivity contribution in [3.05, 3.63) is 71.7 Å². The van der Waals surface area contributed by atoms with E-state index in [0.29, 0.717) is 40.9 Å². The molecule has 0 spiro atoms. The zero-order valence-electron chi connectivity index (χ0n) is 17.7. The van der Waals surface area contributed by atoms with Crippen LogP contribution in [-0.2, 0) is 12.8 Å². The van der Waals surface area contributed by atoms with Crippen molar-refractivity contribution >= 4 is 17.0 Å². The number of benzene rings is 1. The predicted molar refractivity (Wildman–Crippen MR) is 119 cm³/mol. The monoisotopic (exact) mass is 432 g/mol. The number of carbonyl (C=O) groups excluding carboxylic acids is 1. The molecule has 164 valence electrons. The van der Waals surface area contributed by atoms with Gasteiger partial charge in [0.1, 0.15) is 5.75 Å². The van der Waals surface area contributed by atoms with Crippen molar-refractivity contribution in [1.29, 1.82) is 0 Å². The number of aromatic hydroxyl groups is 1. The van der Waals surface area contributed by atoms with E-state index < -0.39 is 6.04 Å². The molecule has 0 saturated heterocycles. The molecular formula is C24H24N4O4. The summed E-state index contributed by atoms with van der Waals surface area (Å²) in [7, 11) is 0. The van der Waals surface area contributed by atoms with Crippen LogP contribution in [0.25, 0.3) is 22.4 Å². The van der Waals surface area contributed by atoms with E-state index in [1.54, 1.807) is 48.8 Å². The number of fused-ring (bicyclic) bond motifs is 1. The van der Waals surface area contributed by atoms with Crippen molar-refractivity contribution in [2.75, 3.05) is 6.61 Å². The summed E-state index contributed by atoms with van der Waals surface area (Å²) in [6.07, 6.45) is 5.24. The van der Waals surface area contributed by atoms with Crippen LogP contribution in [0.3, 0.4) is 0 Å². The van der Waals surface area contributed by atoms with E-state index in [4.69, 9.17) is 4.52 Å². The number of carbonyl (C=O) groups is 1. The molecule has 0 aliphatic carbocycles. The van der Waals surface area contributed by atoms with E-state index in [1.807, 2.05) is 13.0 Å². The summed E-state index contributed by atoms with van der Waals surface area (Å²) < 4.78 is 5.46. The molecule has 3 aromatic heterocycles. The van der Waals surface area contributed by atoms with Crippen LogP contribution in [0.5, 0.6) is 5.75 Å². The van der Waals surface area contributed by atoms with Gasteiger partial charge in [0.25, 0.3) is 11.6 Å². The highest BCUT2D eigenvalue weighted by Crippen LogP contribution is 2.28. The van der Waals surface area contributed by atoms with E-state index >= 15 is 0 Å². The van der Waals surface area contributed by atoms with Gasteiger partial charge in [-0.3, -0.25) is 9.78 Å². The number of aromatic nitrogens is 3. The Morgan fingerprint density at radius 1 is 1.22 bits per heavy atom. The lowest BCUT2D eigenvalue weighted by Crippen LogP contribution is -2.39. The van der Waals surface area contributed by atoms with Gasteiger partial charge in [0.05, 0.1) is 35.0 Å². The molecule has 4 rings (SSSR count). The standard InChI is InChI=1S/C24H24N4O4/c1-2-4-20-22-19(12-21(27-24(22)32-28-20)16-5-3-10-25-13-16)23(31)26-17(14-29)11-15-6-8-18(30)9-7-15/h3,5-10,12-13,17,29-30H,2,4,11,14H2,1H3,(H,26,31)/t17-/m0/s1. The van der Waals surface area contributed by atoms with Gasteiger partial charge < -0.3 is 20.1 Å². The van der Waals surface area contributed by atoms with Gasteiger partial charge in [0.2, 0.25) is 0 Å². The van der Waals surface area contributed by atoms with Crippen molar-refractivity contribution < 1.29 is 19.5 Å². The molecule has 8 nitrogen and oxygen atoms in total. The Morgan fingerprint density at radius 3 is 2.72 bits per heavy atom. The minimum absolute atomic E-state index is 0.163. The second-order valence-corrected chi connectivity index (χ2v) is 7.58. The number of hydrogen-bond acceptors (Lipinski definition) is 7. The third-order valence-corrected chi connectivity index (χ3v) is 5.18. The normalized spacial score (nSPS) is 12.1. The number of amides is 1. The van der Waals surface area contributed by atoms with Gasteiger partial charge in [-0.15, -0.1) is 0 Å². The predicted octanol–water partition coefficient (Wildman–Crippen LogP) is 3.28. The number of phenolic OH excluding ortho intramolecular Hbond substituents is 1. The van der Waals surface area contributed by atoms with Gasteiger partial charge in [0.15, 0.2) is 0 Å². The van der Waals surface area contributed by atoms with E-state index in [0.717, 1.165) is 17.5 Å². The fourth-order valence-corrected chi connectivity index (χ4v) is 3.60. The molecule has 1 amide bonds. The molecule has 32 heavy (non-hydrogen) atoms. The summed E-state index contributed by atoms with van der Waals surface area (Å²) in [4.78, 5) is 22.0. The van der Waals surface area contributed by atoms with Crippen LogP contribution in [0.1, 0.15) is 35.0 Å². The number of phenols is 1. The molecule has 0 radical (unpaired) electrons.